The molecule has 3 aromatic heterocycles. The quantitative estimate of drug-likeness (QED) is 0.344. The molecule has 1 fully saturated rings. The Morgan fingerprint density at radius 2 is 2.12 bits per heavy atom. The van der Waals surface area contributed by atoms with Gasteiger partial charge in [0.25, 0.3) is 5.91 Å². The number of carbonyl (C=O) groups excluding carboxylic acids is 2. The SMILES string of the molecule is NC(=O)c1occc1-c1ccc(Cl)c(-c2nc3ncc(NC(=O)C[C@@H]4CCNC4)cc3[nH]2)c1. The molecule has 168 valence electrons. The molecule has 1 aromatic carbocycles. The number of primary amides is 1. The van der Waals surface area contributed by atoms with Crippen molar-refractivity contribution in [3.63, 3.8) is 0 Å². The highest BCUT2D eigenvalue weighted by Crippen LogP contribution is 2.34. The second-order valence-corrected chi connectivity index (χ2v) is 8.42. The number of fused-ring (bicyclic) bond motifs is 1. The van der Waals surface area contributed by atoms with Gasteiger partial charge in [-0.3, -0.25) is 9.59 Å². The zero-order valence-corrected chi connectivity index (χ0v) is 18.3. The largest absolute Gasteiger partial charge is 0.459 e. The monoisotopic (exact) mass is 464 g/mol. The number of H-pyrrole nitrogens is 1. The number of halogens is 1. The summed E-state index contributed by atoms with van der Waals surface area (Å²) in [5, 5.41) is 6.65. The molecule has 1 aliphatic heterocycles. The second kappa shape index (κ2) is 8.68. The summed E-state index contributed by atoms with van der Waals surface area (Å²) < 4.78 is 5.21. The first-order chi connectivity index (χ1) is 16.0. The Bertz CT molecular complexity index is 1360. The van der Waals surface area contributed by atoms with Crippen molar-refractivity contribution in [2.24, 2.45) is 11.7 Å². The maximum Gasteiger partial charge on any atom is 0.285 e. The van der Waals surface area contributed by atoms with Crippen molar-refractivity contribution in [1.29, 1.82) is 0 Å². The number of furan rings is 1. The van der Waals surface area contributed by atoms with E-state index in [-0.39, 0.29) is 11.7 Å². The number of nitrogens with zero attached hydrogens (tertiary/aromatic N) is 2. The Balaban J connectivity index is 1.42. The molecule has 5 rings (SSSR count). The number of pyridine rings is 1. The van der Waals surface area contributed by atoms with Crippen LogP contribution in [0.4, 0.5) is 5.69 Å². The maximum absolute atomic E-state index is 12.4. The van der Waals surface area contributed by atoms with E-state index in [1.807, 2.05) is 0 Å². The van der Waals surface area contributed by atoms with E-state index < -0.39 is 5.91 Å². The Hall–Kier alpha value is -3.69. The lowest BCUT2D eigenvalue weighted by atomic mass is 10.0. The molecule has 4 aromatic rings. The lowest BCUT2D eigenvalue weighted by Crippen LogP contribution is -2.18. The number of aromatic nitrogens is 3. The van der Waals surface area contributed by atoms with Crippen molar-refractivity contribution in [2.75, 3.05) is 18.4 Å². The molecular formula is C23H21ClN6O3. The highest BCUT2D eigenvalue weighted by atomic mass is 35.5. The van der Waals surface area contributed by atoms with Gasteiger partial charge in [-0.05, 0) is 55.3 Å². The van der Waals surface area contributed by atoms with Crippen molar-refractivity contribution in [1.82, 2.24) is 20.3 Å². The number of nitrogens with one attached hydrogen (secondary N) is 3. The summed E-state index contributed by atoms with van der Waals surface area (Å²) >= 11 is 6.45. The Morgan fingerprint density at radius 3 is 2.91 bits per heavy atom. The van der Waals surface area contributed by atoms with E-state index in [1.165, 1.54) is 6.26 Å². The minimum absolute atomic E-state index is 0.0364. The number of carbonyl (C=O) groups is 2. The molecule has 0 radical (unpaired) electrons. The highest BCUT2D eigenvalue weighted by Gasteiger charge is 2.19. The van der Waals surface area contributed by atoms with E-state index in [1.54, 1.807) is 36.5 Å². The fraction of sp³-hybridized carbons (Fsp3) is 0.217. The molecule has 0 spiro atoms. The van der Waals surface area contributed by atoms with Crippen LogP contribution in [0.1, 0.15) is 23.4 Å². The highest BCUT2D eigenvalue weighted by molar-refractivity contribution is 6.33. The number of aromatic amines is 1. The van der Waals surface area contributed by atoms with Gasteiger partial charge in [-0.15, -0.1) is 0 Å². The van der Waals surface area contributed by atoms with Gasteiger partial charge in [-0.1, -0.05) is 17.7 Å². The zero-order chi connectivity index (χ0) is 22.9. The minimum atomic E-state index is -0.654. The summed E-state index contributed by atoms with van der Waals surface area (Å²) in [5.74, 6) is 0.251. The second-order valence-electron chi connectivity index (χ2n) is 8.01. The van der Waals surface area contributed by atoms with Crippen molar-refractivity contribution in [3.8, 4) is 22.5 Å². The predicted octanol–water partition coefficient (Wildman–Crippen LogP) is 3.58. The molecule has 0 bridgehead atoms. The summed E-state index contributed by atoms with van der Waals surface area (Å²) in [6, 6.07) is 8.76. The minimum Gasteiger partial charge on any atom is -0.459 e. The van der Waals surface area contributed by atoms with Crippen LogP contribution in [0.2, 0.25) is 5.02 Å². The van der Waals surface area contributed by atoms with Gasteiger partial charge in [-0.25, -0.2) is 9.97 Å². The molecule has 5 N–H and O–H groups in total. The van der Waals surface area contributed by atoms with Gasteiger partial charge in [0.1, 0.15) is 5.82 Å². The fourth-order valence-electron chi connectivity index (χ4n) is 4.06. The molecule has 33 heavy (non-hydrogen) atoms. The van der Waals surface area contributed by atoms with E-state index in [9.17, 15) is 9.59 Å². The predicted molar refractivity (Wildman–Crippen MR) is 125 cm³/mol. The zero-order valence-electron chi connectivity index (χ0n) is 17.5. The molecule has 1 aliphatic rings. The van der Waals surface area contributed by atoms with Crippen molar-refractivity contribution >= 4 is 40.3 Å². The fourth-order valence-corrected chi connectivity index (χ4v) is 4.27. The van der Waals surface area contributed by atoms with Crippen LogP contribution in [0.15, 0.2) is 47.2 Å². The molecular weight excluding hydrogens is 444 g/mol. The van der Waals surface area contributed by atoms with Crippen LogP contribution in [0.25, 0.3) is 33.7 Å². The topological polar surface area (TPSA) is 139 Å². The summed E-state index contributed by atoms with van der Waals surface area (Å²) in [7, 11) is 0. The summed E-state index contributed by atoms with van der Waals surface area (Å²) in [6.45, 7) is 1.82. The molecule has 1 atom stereocenters. The van der Waals surface area contributed by atoms with Crippen LogP contribution in [0.3, 0.4) is 0 Å². The standard InChI is InChI=1S/C23H21ClN6O3/c24-17-2-1-13(15-4-6-33-20(15)21(25)32)8-16(17)22-29-18-9-14(11-27-23(18)30-22)28-19(31)7-12-3-5-26-10-12/h1-2,4,6,8-9,11-12,26H,3,5,7,10H2,(H2,25,32)(H,28,31)(H,27,29,30)/t12-/m0/s1. The van der Waals surface area contributed by atoms with Gasteiger partial charge in [0, 0.05) is 17.5 Å². The number of imidazole rings is 1. The lowest BCUT2D eigenvalue weighted by molar-refractivity contribution is -0.116. The maximum atomic E-state index is 12.4. The summed E-state index contributed by atoms with van der Waals surface area (Å²) in [5.41, 5.74) is 9.05. The Morgan fingerprint density at radius 1 is 1.24 bits per heavy atom. The normalized spacial score (nSPS) is 15.7. The van der Waals surface area contributed by atoms with Crippen LogP contribution in [-0.2, 0) is 4.79 Å². The number of hydrogen-bond acceptors (Lipinski definition) is 6. The average Bonchev–Trinajstić information content (AvgIpc) is 3.54. The van der Waals surface area contributed by atoms with Crippen LogP contribution >= 0.6 is 11.6 Å². The van der Waals surface area contributed by atoms with Gasteiger partial charge >= 0.3 is 0 Å². The van der Waals surface area contributed by atoms with Crippen LogP contribution in [0.5, 0.6) is 0 Å². The molecule has 4 heterocycles. The Kier molecular flexibility index (Phi) is 5.57. The molecule has 2 amide bonds. The number of hydrogen-bond donors (Lipinski definition) is 4. The number of benzene rings is 1. The van der Waals surface area contributed by atoms with Gasteiger partial charge in [0.15, 0.2) is 11.4 Å². The molecule has 0 aliphatic carbocycles. The molecule has 0 unspecified atom stereocenters. The third-order valence-corrected chi connectivity index (χ3v) is 6.01. The average molecular weight is 465 g/mol. The van der Waals surface area contributed by atoms with Crippen LogP contribution in [0, 0.1) is 5.92 Å². The van der Waals surface area contributed by atoms with Gasteiger partial charge in [0.05, 0.1) is 28.7 Å². The smallest absolute Gasteiger partial charge is 0.285 e. The van der Waals surface area contributed by atoms with Crippen LogP contribution < -0.4 is 16.4 Å². The molecule has 10 heteroatoms. The Labute approximate surface area is 193 Å². The first-order valence-corrected chi connectivity index (χ1v) is 10.9. The molecule has 0 saturated carbocycles. The third kappa shape index (κ3) is 4.33. The van der Waals surface area contributed by atoms with Crippen molar-refractivity contribution in [3.05, 3.63) is 53.6 Å². The van der Waals surface area contributed by atoms with Crippen molar-refractivity contribution < 1.29 is 14.0 Å². The van der Waals surface area contributed by atoms with E-state index in [0.717, 1.165) is 19.5 Å². The molecule has 9 nitrogen and oxygen atoms in total. The van der Waals surface area contributed by atoms with E-state index in [2.05, 4.69) is 25.6 Å². The first-order valence-electron chi connectivity index (χ1n) is 10.5. The van der Waals surface area contributed by atoms with E-state index >= 15 is 0 Å². The first kappa shape index (κ1) is 21.2. The van der Waals surface area contributed by atoms with Crippen LogP contribution in [-0.4, -0.2) is 39.9 Å². The van der Waals surface area contributed by atoms with Gasteiger partial charge in [-0.2, -0.15) is 0 Å². The summed E-state index contributed by atoms with van der Waals surface area (Å²) in [4.78, 5) is 36.1. The number of nitrogens with two attached hydrogens (primary N) is 1. The van der Waals surface area contributed by atoms with Crippen molar-refractivity contribution in [2.45, 2.75) is 12.8 Å². The number of amides is 2. The molecule has 1 saturated heterocycles. The lowest BCUT2D eigenvalue weighted by Gasteiger charge is -2.08. The van der Waals surface area contributed by atoms with E-state index in [0.29, 0.717) is 56.7 Å². The van der Waals surface area contributed by atoms with E-state index in [4.69, 9.17) is 21.8 Å². The van der Waals surface area contributed by atoms with Gasteiger partial charge in [0.2, 0.25) is 5.91 Å². The summed E-state index contributed by atoms with van der Waals surface area (Å²) in [6.07, 6.45) is 4.48. The van der Waals surface area contributed by atoms with Gasteiger partial charge < -0.3 is 25.8 Å². The third-order valence-electron chi connectivity index (χ3n) is 5.68. The number of rotatable bonds is 6. The number of anilines is 1.